The van der Waals surface area contributed by atoms with Gasteiger partial charge in [0.15, 0.2) is 6.29 Å². The Morgan fingerprint density at radius 3 is 2.40 bits per heavy atom. The van der Waals surface area contributed by atoms with Crippen molar-refractivity contribution in [2.24, 2.45) is 11.8 Å². The molecule has 0 bridgehead atoms. The van der Waals surface area contributed by atoms with Gasteiger partial charge in [-0.3, -0.25) is 4.79 Å². The summed E-state index contributed by atoms with van der Waals surface area (Å²) in [5.74, 6) is 0.213. The third-order valence-corrected chi connectivity index (χ3v) is 3.10. The first-order valence-electron chi connectivity index (χ1n) is 5.36. The zero-order valence-corrected chi connectivity index (χ0v) is 9.69. The fourth-order valence-corrected chi connectivity index (χ4v) is 2.34. The Morgan fingerprint density at radius 1 is 1.20 bits per heavy atom. The molecule has 0 unspecified atom stereocenters. The predicted octanol–water partition coefficient (Wildman–Crippen LogP) is 1.58. The van der Waals surface area contributed by atoms with E-state index in [1.165, 1.54) is 7.11 Å². The molecule has 1 fully saturated rings. The van der Waals surface area contributed by atoms with Gasteiger partial charge >= 0.3 is 5.97 Å². The molecule has 0 aromatic heterocycles. The fraction of sp³-hybridized carbons (Fsp3) is 0.909. The zero-order valence-electron chi connectivity index (χ0n) is 9.69. The van der Waals surface area contributed by atoms with E-state index >= 15 is 0 Å². The van der Waals surface area contributed by atoms with Gasteiger partial charge in [0.05, 0.1) is 13.0 Å². The molecule has 4 heteroatoms. The molecule has 0 saturated heterocycles. The highest BCUT2D eigenvalue weighted by molar-refractivity contribution is 5.72. The molecule has 1 aliphatic carbocycles. The molecule has 0 aliphatic heterocycles. The van der Waals surface area contributed by atoms with Crippen molar-refractivity contribution in [2.45, 2.75) is 32.0 Å². The maximum Gasteiger partial charge on any atom is 0.308 e. The van der Waals surface area contributed by atoms with Gasteiger partial charge in [-0.05, 0) is 19.3 Å². The molecule has 0 spiro atoms. The average molecular weight is 216 g/mol. The van der Waals surface area contributed by atoms with Crippen molar-refractivity contribution >= 4 is 5.97 Å². The summed E-state index contributed by atoms with van der Waals surface area (Å²) in [6.45, 7) is 0. The normalized spacial score (nSPS) is 26.7. The summed E-state index contributed by atoms with van der Waals surface area (Å²) < 4.78 is 15.2. The van der Waals surface area contributed by atoms with Crippen molar-refractivity contribution in [1.29, 1.82) is 0 Å². The lowest BCUT2D eigenvalue weighted by Gasteiger charge is -2.31. The van der Waals surface area contributed by atoms with Gasteiger partial charge in [-0.2, -0.15) is 0 Å². The molecule has 0 aromatic rings. The van der Waals surface area contributed by atoms with Gasteiger partial charge in [-0.15, -0.1) is 0 Å². The Labute approximate surface area is 90.9 Å². The van der Waals surface area contributed by atoms with Crippen LogP contribution in [0.15, 0.2) is 0 Å². The summed E-state index contributed by atoms with van der Waals surface area (Å²) in [5.41, 5.74) is 0. The van der Waals surface area contributed by atoms with Crippen LogP contribution in [0.5, 0.6) is 0 Å². The zero-order chi connectivity index (χ0) is 11.3. The van der Waals surface area contributed by atoms with Gasteiger partial charge in [0.25, 0.3) is 0 Å². The third kappa shape index (κ3) is 3.18. The fourth-order valence-electron chi connectivity index (χ4n) is 2.34. The lowest BCUT2D eigenvalue weighted by molar-refractivity contribution is -0.159. The first kappa shape index (κ1) is 12.5. The second-order valence-electron chi connectivity index (χ2n) is 3.99. The smallest absolute Gasteiger partial charge is 0.308 e. The quantitative estimate of drug-likeness (QED) is 0.528. The minimum absolute atomic E-state index is 0.0153. The van der Waals surface area contributed by atoms with Gasteiger partial charge in [0, 0.05) is 20.1 Å². The number of esters is 1. The molecular formula is C11H20O4. The molecule has 0 heterocycles. The van der Waals surface area contributed by atoms with E-state index in [0.717, 1.165) is 25.7 Å². The number of hydrogen-bond acceptors (Lipinski definition) is 4. The maximum absolute atomic E-state index is 11.4. The van der Waals surface area contributed by atoms with Crippen molar-refractivity contribution in [3.05, 3.63) is 0 Å². The van der Waals surface area contributed by atoms with Crippen LogP contribution in [-0.4, -0.2) is 33.6 Å². The highest BCUT2D eigenvalue weighted by Crippen LogP contribution is 2.32. The van der Waals surface area contributed by atoms with E-state index in [1.807, 2.05) is 0 Å². The van der Waals surface area contributed by atoms with Gasteiger partial charge < -0.3 is 14.2 Å². The molecule has 2 atom stereocenters. The molecule has 1 rings (SSSR count). The van der Waals surface area contributed by atoms with E-state index in [-0.39, 0.29) is 18.2 Å². The molecule has 88 valence electrons. The average Bonchev–Trinajstić information content (AvgIpc) is 2.30. The van der Waals surface area contributed by atoms with Gasteiger partial charge in [-0.1, -0.05) is 6.42 Å². The highest BCUT2D eigenvalue weighted by Gasteiger charge is 2.32. The summed E-state index contributed by atoms with van der Waals surface area (Å²) in [4.78, 5) is 11.4. The number of carbonyl (C=O) groups excluding carboxylic acids is 1. The van der Waals surface area contributed by atoms with E-state index in [2.05, 4.69) is 0 Å². The van der Waals surface area contributed by atoms with Gasteiger partial charge in [-0.25, -0.2) is 0 Å². The number of hydrogen-bond donors (Lipinski definition) is 0. The molecule has 15 heavy (non-hydrogen) atoms. The Balaban J connectivity index is 2.51. The summed E-state index contributed by atoms with van der Waals surface area (Å²) in [6.07, 6.45) is 3.62. The largest absolute Gasteiger partial charge is 0.469 e. The van der Waals surface area contributed by atoms with Crippen molar-refractivity contribution < 1.29 is 19.0 Å². The molecule has 4 nitrogen and oxygen atoms in total. The second-order valence-corrected chi connectivity index (χ2v) is 3.99. The van der Waals surface area contributed by atoms with Crippen LogP contribution in [-0.2, 0) is 19.0 Å². The molecule has 0 radical (unpaired) electrons. The first-order chi connectivity index (χ1) is 7.22. The van der Waals surface area contributed by atoms with Crippen LogP contribution in [0.2, 0.25) is 0 Å². The van der Waals surface area contributed by atoms with Crippen molar-refractivity contribution in [2.75, 3.05) is 21.3 Å². The van der Waals surface area contributed by atoms with E-state index in [9.17, 15) is 4.79 Å². The molecule has 0 amide bonds. The summed E-state index contributed by atoms with van der Waals surface area (Å²) in [6, 6.07) is 0. The Bertz CT molecular complexity index is 201. The minimum Gasteiger partial charge on any atom is -0.469 e. The molecule has 0 N–H and O–H groups in total. The topological polar surface area (TPSA) is 44.8 Å². The first-order valence-corrected chi connectivity index (χ1v) is 5.36. The standard InChI is InChI=1S/C11H20O4/c1-13-10(12)8-5-4-6-9(7-8)11(14-2)15-3/h8-9,11H,4-7H2,1-3H3/t8-,9+/m1/s1. The highest BCUT2D eigenvalue weighted by atomic mass is 16.7. The van der Waals surface area contributed by atoms with Crippen LogP contribution in [0.4, 0.5) is 0 Å². The van der Waals surface area contributed by atoms with Crippen LogP contribution in [0, 0.1) is 11.8 Å². The van der Waals surface area contributed by atoms with Gasteiger partial charge in [0.2, 0.25) is 0 Å². The lowest BCUT2D eigenvalue weighted by atomic mass is 9.81. The van der Waals surface area contributed by atoms with E-state index in [0.29, 0.717) is 5.92 Å². The maximum atomic E-state index is 11.4. The second kappa shape index (κ2) is 6.08. The minimum atomic E-state index is -0.197. The number of rotatable bonds is 4. The van der Waals surface area contributed by atoms with Crippen molar-refractivity contribution in [3.63, 3.8) is 0 Å². The van der Waals surface area contributed by atoms with Gasteiger partial charge in [0.1, 0.15) is 0 Å². The number of ether oxygens (including phenoxy) is 3. The summed E-state index contributed by atoms with van der Waals surface area (Å²) in [7, 11) is 4.71. The molecule has 0 aromatic carbocycles. The van der Waals surface area contributed by atoms with Crippen LogP contribution in [0.1, 0.15) is 25.7 Å². The Kier molecular flexibility index (Phi) is 5.05. The Hall–Kier alpha value is -0.610. The summed E-state index contributed by atoms with van der Waals surface area (Å²) >= 11 is 0. The monoisotopic (exact) mass is 216 g/mol. The molecular weight excluding hydrogens is 196 g/mol. The third-order valence-electron chi connectivity index (χ3n) is 3.10. The van der Waals surface area contributed by atoms with E-state index in [1.54, 1.807) is 14.2 Å². The summed E-state index contributed by atoms with van der Waals surface area (Å²) in [5, 5.41) is 0. The van der Waals surface area contributed by atoms with Crippen LogP contribution in [0.3, 0.4) is 0 Å². The Morgan fingerprint density at radius 2 is 1.87 bits per heavy atom. The van der Waals surface area contributed by atoms with E-state index in [4.69, 9.17) is 14.2 Å². The number of carbonyl (C=O) groups is 1. The lowest BCUT2D eigenvalue weighted by Crippen LogP contribution is -2.32. The predicted molar refractivity (Wildman–Crippen MR) is 55.3 cm³/mol. The molecule has 1 aliphatic rings. The van der Waals surface area contributed by atoms with Crippen LogP contribution >= 0.6 is 0 Å². The van der Waals surface area contributed by atoms with Crippen LogP contribution < -0.4 is 0 Å². The van der Waals surface area contributed by atoms with Crippen molar-refractivity contribution in [1.82, 2.24) is 0 Å². The van der Waals surface area contributed by atoms with E-state index < -0.39 is 0 Å². The van der Waals surface area contributed by atoms with Crippen LogP contribution in [0.25, 0.3) is 0 Å². The number of methoxy groups -OCH3 is 3. The van der Waals surface area contributed by atoms with Crippen molar-refractivity contribution in [3.8, 4) is 0 Å². The SMILES string of the molecule is COC(=O)[C@@H]1CCC[C@H](C(OC)OC)C1. The molecule has 1 saturated carbocycles.